The van der Waals surface area contributed by atoms with E-state index >= 15 is 0 Å². The molecule has 0 saturated carbocycles. The Balaban J connectivity index is 1.43. The number of amides is 1. The zero-order valence-corrected chi connectivity index (χ0v) is 14.8. The average molecular weight is 360 g/mol. The van der Waals surface area contributed by atoms with Gasteiger partial charge in [0, 0.05) is 18.3 Å². The largest absolute Gasteiger partial charge is 0.486 e. The molecule has 0 bridgehead atoms. The highest BCUT2D eigenvalue weighted by molar-refractivity contribution is 7.99. The molecule has 1 aliphatic rings. The van der Waals surface area contributed by atoms with Gasteiger partial charge in [-0.25, -0.2) is 9.97 Å². The van der Waals surface area contributed by atoms with Gasteiger partial charge in [0.2, 0.25) is 5.91 Å². The average Bonchev–Trinajstić information content (AvgIpc) is 2.59. The first-order valence-corrected chi connectivity index (χ1v) is 8.98. The van der Waals surface area contributed by atoms with Crippen LogP contribution >= 0.6 is 11.8 Å². The molecular weight excluding hydrogens is 340 g/mol. The number of anilines is 1. The lowest BCUT2D eigenvalue weighted by atomic mass is 10.1. The molecule has 132 valence electrons. The van der Waals surface area contributed by atoms with Gasteiger partial charge in [0.1, 0.15) is 19.0 Å². The van der Waals surface area contributed by atoms with Crippen molar-refractivity contribution in [3.8, 4) is 11.5 Å². The van der Waals surface area contributed by atoms with Crippen molar-refractivity contribution >= 4 is 23.5 Å². The van der Waals surface area contributed by atoms with Crippen molar-refractivity contribution in [2.75, 3.05) is 31.2 Å². The molecule has 25 heavy (non-hydrogen) atoms. The van der Waals surface area contributed by atoms with Gasteiger partial charge in [-0.15, -0.1) is 0 Å². The molecule has 0 saturated heterocycles. The van der Waals surface area contributed by atoms with E-state index in [-0.39, 0.29) is 11.7 Å². The minimum absolute atomic E-state index is 0.0637. The van der Waals surface area contributed by atoms with Gasteiger partial charge in [0.15, 0.2) is 16.7 Å². The van der Waals surface area contributed by atoms with Crippen LogP contribution in [0.2, 0.25) is 0 Å². The van der Waals surface area contributed by atoms with Crippen molar-refractivity contribution in [3.05, 3.63) is 35.5 Å². The summed E-state index contributed by atoms with van der Waals surface area (Å²) in [5, 5.41) is 3.41. The molecule has 3 N–H and O–H groups in total. The number of nitrogens with two attached hydrogens (primary N) is 1. The second-order valence-electron chi connectivity index (χ2n) is 5.58. The summed E-state index contributed by atoms with van der Waals surface area (Å²) in [6.45, 7) is 3.54. The van der Waals surface area contributed by atoms with E-state index in [0.717, 1.165) is 29.2 Å². The number of aryl methyl sites for hydroxylation is 1. The highest BCUT2D eigenvalue weighted by atomic mass is 32.2. The molecule has 2 heterocycles. The smallest absolute Gasteiger partial charge is 0.230 e. The van der Waals surface area contributed by atoms with E-state index in [4.69, 9.17) is 15.2 Å². The standard InChI is InChI=1S/C17H20N4O3S/c1-11-8-15(18)21-17(20-11)25-10-16(22)19-5-4-12-2-3-13-14(9-12)24-7-6-23-13/h2-3,8-9H,4-7,10H2,1H3,(H,19,22)(H2,18,20,21). The van der Waals surface area contributed by atoms with Gasteiger partial charge in [0.05, 0.1) is 5.75 Å². The maximum atomic E-state index is 11.9. The fourth-order valence-corrected chi connectivity index (χ4v) is 3.14. The number of rotatable bonds is 6. The highest BCUT2D eigenvalue weighted by Crippen LogP contribution is 2.30. The van der Waals surface area contributed by atoms with Crippen molar-refractivity contribution in [1.29, 1.82) is 0 Å². The number of aromatic nitrogens is 2. The number of ether oxygens (including phenoxy) is 2. The number of nitrogens with one attached hydrogen (secondary N) is 1. The fourth-order valence-electron chi connectivity index (χ4n) is 2.40. The minimum Gasteiger partial charge on any atom is -0.486 e. The Bertz CT molecular complexity index is 749. The Hall–Kier alpha value is -2.48. The van der Waals surface area contributed by atoms with Crippen LogP contribution in [0.4, 0.5) is 5.82 Å². The maximum absolute atomic E-state index is 11.9. The number of carbonyl (C=O) groups is 1. The summed E-state index contributed by atoms with van der Waals surface area (Å²) >= 11 is 1.27. The number of hydrogen-bond acceptors (Lipinski definition) is 7. The van der Waals surface area contributed by atoms with Gasteiger partial charge in [-0.1, -0.05) is 17.8 Å². The van der Waals surface area contributed by atoms with E-state index < -0.39 is 0 Å². The zero-order valence-electron chi connectivity index (χ0n) is 13.9. The Labute approximate surface area is 150 Å². The van der Waals surface area contributed by atoms with E-state index in [9.17, 15) is 4.79 Å². The van der Waals surface area contributed by atoms with Crippen LogP contribution in [0.15, 0.2) is 29.4 Å². The van der Waals surface area contributed by atoms with Crippen LogP contribution in [0.1, 0.15) is 11.3 Å². The van der Waals surface area contributed by atoms with Crippen LogP contribution in [0.3, 0.4) is 0 Å². The highest BCUT2D eigenvalue weighted by Gasteiger charge is 2.12. The third-order valence-corrected chi connectivity index (χ3v) is 4.38. The number of fused-ring (bicyclic) bond motifs is 1. The molecule has 1 aliphatic heterocycles. The van der Waals surface area contributed by atoms with Gasteiger partial charge in [-0.3, -0.25) is 4.79 Å². The zero-order chi connectivity index (χ0) is 17.6. The molecule has 0 fully saturated rings. The van der Waals surface area contributed by atoms with Crippen LogP contribution in [0.25, 0.3) is 0 Å². The molecular formula is C17H20N4O3S. The summed E-state index contributed by atoms with van der Waals surface area (Å²) in [4.78, 5) is 20.3. The van der Waals surface area contributed by atoms with Crippen LogP contribution in [-0.4, -0.2) is 41.4 Å². The molecule has 0 radical (unpaired) electrons. The van der Waals surface area contributed by atoms with Crippen molar-refractivity contribution in [2.24, 2.45) is 0 Å². The first-order valence-electron chi connectivity index (χ1n) is 7.99. The fraction of sp³-hybridized carbons (Fsp3) is 0.353. The second-order valence-corrected chi connectivity index (χ2v) is 6.53. The van der Waals surface area contributed by atoms with Crippen molar-refractivity contribution in [1.82, 2.24) is 15.3 Å². The topological polar surface area (TPSA) is 99.4 Å². The summed E-state index contributed by atoms with van der Waals surface area (Å²) in [7, 11) is 0. The molecule has 0 spiro atoms. The number of nitrogen functional groups attached to an aromatic ring is 1. The molecule has 3 rings (SSSR count). The molecule has 7 nitrogen and oxygen atoms in total. The lowest BCUT2D eigenvalue weighted by Gasteiger charge is -2.18. The molecule has 2 aromatic rings. The SMILES string of the molecule is Cc1cc(N)nc(SCC(=O)NCCc2ccc3c(c2)OCCO3)n1. The van der Waals surface area contributed by atoms with Crippen LogP contribution in [0, 0.1) is 6.92 Å². The first-order chi connectivity index (χ1) is 12.1. The molecule has 1 amide bonds. The van der Waals surface area contributed by atoms with Gasteiger partial charge in [0.25, 0.3) is 0 Å². The first kappa shape index (κ1) is 17.3. The summed E-state index contributed by atoms with van der Waals surface area (Å²) in [6.07, 6.45) is 0.723. The summed E-state index contributed by atoms with van der Waals surface area (Å²) in [6, 6.07) is 7.54. The number of nitrogens with zero attached hydrogens (tertiary/aromatic N) is 2. The predicted molar refractivity (Wildman–Crippen MR) is 96.1 cm³/mol. The lowest BCUT2D eigenvalue weighted by molar-refractivity contribution is -0.118. The number of hydrogen-bond donors (Lipinski definition) is 2. The number of carbonyl (C=O) groups excluding carboxylic acids is 1. The minimum atomic E-state index is -0.0637. The normalized spacial score (nSPS) is 12.7. The van der Waals surface area contributed by atoms with Crippen LogP contribution in [0.5, 0.6) is 11.5 Å². The van der Waals surface area contributed by atoms with Crippen LogP contribution < -0.4 is 20.5 Å². The second kappa shape index (κ2) is 8.06. The molecule has 8 heteroatoms. The van der Waals surface area contributed by atoms with Crippen molar-refractivity contribution in [3.63, 3.8) is 0 Å². The van der Waals surface area contributed by atoms with E-state index in [1.807, 2.05) is 25.1 Å². The monoisotopic (exact) mass is 360 g/mol. The Morgan fingerprint density at radius 1 is 1.24 bits per heavy atom. The van der Waals surface area contributed by atoms with E-state index in [2.05, 4.69) is 15.3 Å². The van der Waals surface area contributed by atoms with Gasteiger partial charge in [-0.2, -0.15) is 0 Å². The number of thioether (sulfide) groups is 1. The van der Waals surface area contributed by atoms with Crippen molar-refractivity contribution in [2.45, 2.75) is 18.5 Å². The third kappa shape index (κ3) is 4.99. The maximum Gasteiger partial charge on any atom is 0.230 e. The molecule has 0 aliphatic carbocycles. The summed E-state index contributed by atoms with van der Waals surface area (Å²) in [5.74, 6) is 2.14. The van der Waals surface area contributed by atoms with E-state index in [0.29, 0.717) is 30.7 Å². The van der Waals surface area contributed by atoms with Gasteiger partial charge in [-0.05, 0) is 31.0 Å². The Morgan fingerprint density at radius 3 is 2.84 bits per heavy atom. The quantitative estimate of drug-likeness (QED) is 0.596. The molecule has 1 aromatic carbocycles. The van der Waals surface area contributed by atoms with Gasteiger partial charge < -0.3 is 20.5 Å². The van der Waals surface area contributed by atoms with E-state index in [1.54, 1.807) is 6.07 Å². The van der Waals surface area contributed by atoms with Crippen LogP contribution in [-0.2, 0) is 11.2 Å². The molecule has 1 aromatic heterocycles. The summed E-state index contributed by atoms with van der Waals surface area (Å²) in [5.41, 5.74) is 7.55. The lowest BCUT2D eigenvalue weighted by Crippen LogP contribution is -2.27. The predicted octanol–water partition coefficient (Wildman–Crippen LogP) is 1.59. The Kier molecular flexibility index (Phi) is 5.60. The Morgan fingerprint density at radius 2 is 2.04 bits per heavy atom. The molecule has 0 unspecified atom stereocenters. The number of benzene rings is 1. The molecule has 0 atom stereocenters. The van der Waals surface area contributed by atoms with Gasteiger partial charge >= 0.3 is 0 Å². The van der Waals surface area contributed by atoms with Crippen molar-refractivity contribution < 1.29 is 14.3 Å². The summed E-state index contributed by atoms with van der Waals surface area (Å²) < 4.78 is 11.1. The third-order valence-electron chi connectivity index (χ3n) is 3.53. The van der Waals surface area contributed by atoms with E-state index in [1.165, 1.54) is 11.8 Å².